The van der Waals surface area contributed by atoms with Crippen LogP contribution in [0.5, 0.6) is 0 Å². The number of nitrogens with zero attached hydrogens (tertiary/aromatic N) is 3. The van der Waals surface area contributed by atoms with Gasteiger partial charge in [-0.15, -0.1) is 0 Å². The van der Waals surface area contributed by atoms with E-state index in [1.165, 1.54) is 5.56 Å². The molecule has 102 valence electrons. The number of rotatable bonds is 4. The van der Waals surface area contributed by atoms with E-state index in [-0.39, 0.29) is 5.54 Å². The molecule has 1 aromatic heterocycles. The Bertz CT molecular complexity index is 525. The molecule has 0 radical (unpaired) electrons. The maximum atomic E-state index is 4.31. The van der Waals surface area contributed by atoms with Gasteiger partial charge in [0.25, 0.3) is 0 Å². The molecule has 0 aliphatic rings. The minimum absolute atomic E-state index is 0.0778. The van der Waals surface area contributed by atoms with Gasteiger partial charge < -0.3 is 5.32 Å². The highest BCUT2D eigenvalue weighted by molar-refractivity contribution is 9.10. The molecule has 2 rings (SSSR count). The second kappa shape index (κ2) is 5.84. The summed E-state index contributed by atoms with van der Waals surface area (Å²) >= 11 is 3.44. The molecule has 0 aliphatic carbocycles. The van der Waals surface area contributed by atoms with E-state index < -0.39 is 0 Å². The molecule has 0 saturated heterocycles. The molecule has 0 fully saturated rings. The first-order valence-corrected chi connectivity index (χ1v) is 7.09. The zero-order valence-corrected chi connectivity index (χ0v) is 13.1. The maximum Gasteiger partial charge on any atom is 0.141 e. The van der Waals surface area contributed by atoms with Crippen molar-refractivity contribution in [3.8, 4) is 0 Å². The first kappa shape index (κ1) is 14.2. The molecular weight excluding hydrogens is 304 g/mol. The van der Waals surface area contributed by atoms with Crippen molar-refractivity contribution in [1.82, 2.24) is 20.1 Å². The van der Waals surface area contributed by atoms with Crippen molar-refractivity contribution in [3.05, 3.63) is 46.5 Å². The Hall–Kier alpha value is -1.20. The Labute approximate surface area is 122 Å². The van der Waals surface area contributed by atoms with Crippen LogP contribution in [0, 0.1) is 0 Å². The summed E-state index contributed by atoms with van der Waals surface area (Å²) in [4.78, 5) is 4.31. The van der Waals surface area contributed by atoms with Crippen LogP contribution in [0.3, 0.4) is 0 Å². The fourth-order valence-corrected chi connectivity index (χ4v) is 1.93. The van der Waals surface area contributed by atoms with Crippen molar-refractivity contribution in [2.45, 2.75) is 39.4 Å². The number of aromatic nitrogens is 3. The molecule has 0 unspecified atom stereocenters. The van der Waals surface area contributed by atoms with Crippen molar-refractivity contribution in [2.75, 3.05) is 0 Å². The van der Waals surface area contributed by atoms with Gasteiger partial charge in [0.2, 0.25) is 0 Å². The van der Waals surface area contributed by atoms with Gasteiger partial charge in [0.05, 0.1) is 13.1 Å². The van der Waals surface area contributed by atoms with E-state index in [9.17, 15) is 0 Å². The van der Waals surface area contributed by atoms with Crippen LogP contribution in [0.25, 0.3) is 0 Å². The molecule has 0 bridgehead atoms. The van der Waals surface area contributed by atoms with Crippen molar-refractivity contribution >= 4 is 15.9 Å². The van der Waals surface area contributed by atoms with Gasteiger partial charge in [-0.3, -0.25) is 0 Å². The predicted octanol–water partition coefficient (Wildman–Crippen LogP) is 2.98. The lowest BCUT2D eigenvalue weighted by atomic mass is 10.1. The van der Waals surface area contributed by atoms with Crippen molar-refractivity contribution in [2.24, 2.45) is 0 Å². The lowest BCUT2D eigenvalue weighted by molar-refractivity contribution is 0.410. The highest BCUT2D eigenvalue weighted by Crippen LogP contribution is 2.12. The van der Waals surface area contributed by atoms with Gasteiger partial charge in [0.15, 0.2) is 0 Å². The fourth-order valence-electron chi connectivity index (χ4n) is 1.66. The Kier molecular flexibility index (Phi) is 4.37. The summed E-state index contributed by atoms with van der Waals surface area (Å²) in [6.45, 7) is 7.89. The molecule has 0 saturated carbocycles. The van der Waals surface area contributed by atoms with E-state index in [4.69, 9.17) is 0 Å². The van der Waals surface area contributed by atoms with Crippen molar-refractivity contribution < 1.29 is 0 Å². The summed E-state index contributed by atoms with van der Waals surface area (Å²) in [5.41, 5.74) is 1.29. The van der Waals surface area contributed by atoms with Crippen LogP contribution in [0.4, 0.5) is 0 Å². The van der Waals surface area contributed by atoms with Gasteiger partial charge in [0.1, 0.15) is 12.2 Å². The minimum Gasteiger partial charge on any atom is -0.305 e. The quantitative estimate of drug-likeness (QED) is 0.941. The monoisotopic (exact) mass is 322 g/mol. The van der Waals surface area contributed by atoms with Gasteiger partial charge in [-0.25, -0.2) is 9.67 Å². The van der Waals surface area contributed by atoms with Crippen LogP contribution in [0.1, 0.15) is 32.2 Å². The standard InChI is InChI=1S/C14H19BrN4/c1-14(2,3)17-8-13-16-10-18-19(13)9-11-4-6-12(15)7-5-11/h4-7,10,17H,8-9H2,1-3H3. The van der Waals surface area contributed by atoms with Crippen LogP contribution in [0.2, 0.25) is 0 Å². The molecule has 4 nitrogen and oxygen atoms in total. The average Bonchev–Trinajstić information content (AvgIpc) is 2.76. The summed E-state index contributed by atoms with van der Waals surface area (Å²) in [6.07, 6.45) is 1.61. The van der Waals surface area contributed by atoms with Crippen LogP contribution < -0.4 is 5.32 Å². The van der Waals surface area contributed by atoms with Crippen LogP contribution in [0.15, 0.2) is 35.1 Å². The smallest absolute Gasteiger partial charge is 0.141 e. The summed E-state index contributed by atoms with van der Waals surface area (Å²) in [6, 6.07) is 8.26. The first-order chi connectivity index (χ1) is 8.94. The number of hydrogen-bond donors (Lipinski definition) is 1. The van der Waals surface area contributed by atoms with E-state index in [1.54, 1.807) is 6.33 Å². The first-order valence-electron chi connectivity index (χ1n) is 6.30. The zero-order valence-electron chi connectivity index (χ0n) is 11.5. The third-order valence-corrected chi connectivity index (χ3v) is 3.25. The predicted molar refractivity (Wildman–Crippen MR) is 79.9 cm³/mol. The number of hydrogen-bond acceptors (Lipinski definition) is 3. The molecule has 0 aliphatic heterocycles. The van der Waals surface area contributed by atoms with Crippen molar-refractivity contribution in [1.29, 1.82) is 0 Å². The summed E-state index contributed by atoms with van der Waals surface area (Å²) in [5.74, 6) is 0.956. The second-order valence-corrected chi connectivity index (χ2v) is 6.48. The van der Waals surface area contributed by atoms with Gasteiger partial charge in [-0.05, 0) is 38.5 Å². The zero-order chi connectivity index (χ0) is 13.9. The molecule has 1 aromatic carbocycles. The second-order valence-electron chi connectivity index (χ2n) is 5.56. The van der Waals surface area contributed by atoms with Crippen molar-refractivity contribution in [3.63, 3.8) is 0 Å². The Morgan fingerprint density at radius 3 is 2.53 bits per heavy atom. The summed E-state index contributed by atoms with van der Waals surface area (Å²) in [5, 5.41) is 7.72. The molecule has 0 amide bonds. The maximum absolute atomic E-state index is 4.31. The van der Waals surface area contributed by atoms with E-state index in [1.807, 2.05) is 16.8 Å². The Balaban J connectivity index is 2.05. The Morgan fingerprint density at radius 2 is 1.89 bits per heavy atom. The molecule has 0 spiro atoms. The molecular formula is C14H19BrN4. The lowest BCUT2D eigenvalue weighted by Gasteiger charge is -2.20. The molecule has 19 heavy (non-hydrogen) atoms. The number of benzene rings is 1. The van der Waals surface area contributed by atoms with Crippen LogP contribution in [-0.4, -0.2) is 20.3 Å². The van der Waals surface area contributed by atoms with Gasteiger partial charge in [-0.1, -0.05) is 28.1 Å². The van der Waals surface area contributed by atoms with E-state index in [0.29, 0.717) is 0 Å². The van der Waals surface area contributed by atoms with Gasteiger partial charge in [0, 0.05) is 10.0 Å². The molecule has 1 heterocycles. The number of halogens is 1. The fraction of sp³-hybridized carbons (Fsp3) is 0.429. The third kappa shape index (κ3) is 4.44. The normalized spacial score (nSPS) is 11.8. The summed E-state index contributed by atoms with van der Waals surface area (Å²) < 4.78 is 3.02. The van der Waals surface area contributed by atoms with E-state index in [2.05, 4.69) is 64.2 Å². The van der Waals surface area contributed by atoms with Gasteiger partial charge >= 0.3 is 0 Å². The molecule has 1 N–H and O–H groups in total. The molecule has 2 aromatic rings. The lowest BCUT2D eigenvalue weighted by Crippen LogP contribution is -2.36. The topological polar surface area (TPSA) is 42.7 Å². The molecule has 5 heteroatoms. The van der Waals surface area contributed by atoms with Crippen LogP contribution >= 0.6 is 15.9 Å². The SMILES string of the molecule is CC(C)(C)NCc1ncnn1Cc1ccc(Br)cc1. The highest BCUT2D eigenvalue weighted by Gasteiger charge is 2.11. The Morgan fingerprint density at radius 1 is 1.21 bits per heavy atom. The number of nitrogens with one attached hydrogen (secondary N) is 1. The highest BCUT2D eigenvalue weighted by atomic mass is 79.9. The summed E-state index contributed by atoms with van der Waals surface area (Å²) in [7, 11) is 0. The van der Waals surface area contributed by atoms with E-state index >= 15 is 0 Å². The minimum atomic E-state index is 0.0778. The largest absolute Gasteiger partial charge is 0.305 e. The average molecular weight is 323 g/mol. The third-order valence-electron chi connectivity index (χ3n) is 2.72. The molecule has 0 atom stereocenters. The van der Waals surface area contributed by atoms with E-state index in [0.717, 1.165) is 23.4 Å². The van der Waals surface area contributed by atoms with Gasteiger partial charge in [-0.2, -0.15) is 5.10 Å². The van der Waals surface area contributed by atoms with Crippen LogP contribution in [-0.2, 0) is 13.1 Å².